The third-order valence-corrected chi connectivity index (χ3v) is 3.68. The summed E-state index contributed by atoms with van der Waals surface area (Å²) in [5.74, 6) is 1.56. The Balaban J connectivity index is 2.58. The maximum Gasteiger partial charge on any atom is 0.204 e. The minimum atomic E-state index is -0.0630. The molecule has 0 aliphatic heterocycles. The summed E-state index contributed by atoms with van der Waals surface area (Å²) in [5.41, 5.74) is 1.21. The Hall–Kier alpha value is -2.08. The van der Waals surface area contributed by atoms with Crippen LogP contribution in [0.2, 0.25) is 0 Å². The van der Waals surface area contributed by atoms with Gasteiger partial charge >= 0.3 is 0 Å². The van der Waals surface area contributed by atoms with E-state index in [4.69, 9.17) is 14.2 Å². The lowest BCUT2D eigenvalue weighted by atomic mass is 10.1. The lowest BCUT2D eigenvalue weighted by Gasteiger charge is -2.14. The zero-order valence-corrected chi connectivity index (χ0v) is 12.5. The number of rotatable bonds is 5. The van der Waals surface area contributed by atoms with E-state index in [1.807, 2.05) is 6.07 Å². The quantitative estimate of drug-likeness (QED) is 0.793. The fourth-order valence-electron chi connectivity index (χ4n) is 1.83. The summed E-state index contributed by atoms with van der Waals surface area (Å²) in [6, 6.07) is 3.62. The maximum atomic E-state index is 11.3. The molecule has 106 valence electrons. The van der Waals surface area contributed by atoms with Crippen LogP contribution in [0.25, 0.3) is 10.6 Å². The number of thiazole rings is 1. The van der Waals surface area contributed by atoms with Crippen molar-refractivity contribution in [2.75, 3.05) is 21.3 Å². The first-order chi connectivity index (χ1) is 9.62. The van der Waals surface area contributed by atoms with Gasteiger partial charge in [0.2, 0.25) is 5.75 Å². The van der Waals surface area contributed by atoms with Gasteiger partial charge in [0.1, 0.15) is 10.7 Å². The van der Waals surface area contributed by atoms with Gasteiger partial charge in [0.05, 0.1) is 26.9 Å². The number of methoxy groups -OCH3 is 3. The first kappa shape index (κ1) is 14.3. The van der Waals surface area contributed by atoms with E-state index in [0.717, 1.165) is 5.56 Å². The molecule has 1 aromatic carbocycles. The van der Waals surface area contributed by atoms with Crippen LogP contribution in [0.1, 0.15) is 17.4 Å². The first-order valence-electron chi connectivity index (χ1n) is 5.88. The predicted molar refractivity (Wildman–Crippen MR) is 77.2 cm³/mol. The smallest absolute Gasteiger partial charge is 0.204 e. The van der Waals surface area contributed by atoms with Crippen LogP contribution in [0.15, 0.2) is 17.5 Å². The molecule has 0 aliphatic rings. The lowest BCUT2D eigenvalue weighted by molar-refractivity contribution is 0.101. The topological polar surface area (TPSA) is 57.7 Å². The number of nitrogens with zero attached hydrogens (tertiary/aromatic N) is 1. The number of carbonyl (C=O) groups excluding carboxylic acids is 1. The van der Waals surface area contributed by atoms with Crippen LogP contribution in [0.5, 0.6) is 17.2 Å². The molecule has 5 nitrogen and oxygen atoms in total. The number of hydrogen-bond donors (Lipinski definition) is 0. The molecule has 6 heteroatoms. The summed E-state index contributed by atoms with van der Waals surface area (Å²) < 4.78 is 16.0. The van der Waals surface area contributed by atoms with Gasteiger partial charge in [-0.1, -0.05) is 0 Å². The van der Waals surface area contributed by atoms with Gasteiger partial charge in [-0.15, -0.1) is 11.3 Å². The van der Waals surface area contributed by atoms with Crippen molar-refractivity contribution in [3.05, 3.63) is 23.2 Å². The van der Waals surface area contributed by atoms with E-state index in [9.17, 15) is 4.79 Å². The van der Waals surface area contributed by atoms with E-state index < -0.39 is 0 Å². The zero-order valence-electron chi connectivity index (χ0n) is 11.7. The molecule has 0 amide bonds. The van der Waals surface area contributed by atoms with Crippen molar-refractivity contribution in [1.82, 2.24) is 4.98 Å². The molecule has 2 rings (SSSR count). The molecule has 0 saturated heterocycles. The Morgan fingerprint density at radius 1 is 1.10 bits per heavy atom. The summed E-state index contributed by atoms with van der Waals surface area (Å²) in [6.45, 7) is 1.49. The highest BCUT2D eigenvalue weighted by atomic mass is 32.1. The zero-order chi connectivity index (χ0) is 14.7. The third-order valence-electron chi connectivity index (χ3n) is 2.80. The summed E-state index contributed by atoms with van der Waals surface area (Å²) in [4.78, 5) is 15.6. The fraction of sp³-hybridized carbons (Fsp3) is 0.286. The van der Waals surface area contributed by atoms with Gasteiger partial charge in [-0.05, 0) is 12.1 Å². The monoisotopic (exact) mass is 293 g/mol. The number of ketones is 1. The predicted octanol–water partition coefficient (Wildman–Crippen LogP) is 3.04. The summed E-state index contributed by atoms with van der Waals surface area (Å²) in [5, 5.41) is 2.43. The molecule has 2 aromatic rings. The highest BCUT2D eigenvalue weighted by molar-refractivity contribution is 7.13. The standard InChI is InChI=1S/C14H15NO4S/c1-8(16)10-7-20-14(15-10)9-5-6-11(17-2)13(19-4)12(9)18-3/h5-7H,1-4H3. The Kier molecular flexibility index (Phi) is 4.24. The normalized spacial score (nSPS) is 10.2. The molecule has 1 aromatic heterocycles. The second-order valence-electron chi connectivity index (χ2n) is 3.98. The van der Waals surface area contributed by atoms with E-state index in [0.29, 0.717) is 28.0 Å². The molecule has 0 N–H and O–H groups in total. The summed E-state index contributed by atoms with van der Waals surface area (Å²) in [6.07, 6.45) is 0. The largest absolute Gasteiger partial charge is 0.493 e. The second-order valence-corrected chi connectivity index (χ2v) is 4.83. The Morgan fingerprint density at radius 3 is 2.30 bits per heavy atom. The molecule has 20 heavy (non-hydrogen) atoms. The Labute approximate surface area is 121 Å². The molecule has 0 radical (unpaired) electrons. The Bertz CT molecular complexity index is 636. The number of Topliss-reactive ketones (excluding diaryl/α,β-unsaturated/α-hetero) is 1. The lowest BCUT2D eigenvalue weighted by Crippen LogP contribution is -1.97. The summed E-state index contributed by atoms with van der Waals surface area (Å²) in [7, 11) is 4.67. The highest BCUT2D eigenvalue weighted by Crippen LogP contribution is 2.44. The van der Waals surface area contributed by atoms with Gasteiger partial charge in [-0.2, -0.15) is 0 Å². The maximum absolute atomic E-state index is 11.3. The van der Waals surface area contributed by atoms with Gasteiger partial charge in [-0.3, -0.25) is 4.79 Å². The van der Waals surface area contributed by atoms with Gasteiger partial charge in [0.25, 0.3) is 0 Å². The van der Waals surface area contributed by atoms with Crippen molar-refractivity contribution in [2.45, 2.75) is 6.92 Å². The molecule has 0 saturated carbocycles. The molecule has 0 spiro atoms. The van der Waals surface area contributed by atoms with Crippen molar-refractivity contribution in [2.24, 2.45) is 0 Å². The van der Waals surface area contributed by atoms with E-state index in [2.05, 4.69) is 4.98 Å². The second kappa shape index (κ2) is 5.92. The van der Waals surface area contributed by atoms with E-state index in [1.54, 1.807) is 32.8 Å². The van der Waals surface area contributed by atoms with Crippen molar-refractivity contribution < 1.29 is 19.0 Å². The fourth-order valence-corrected chi connectivity index (χ4v) is 2.71. The molecule has 0 unspecified atom stereocenters. The number of carbonyl (C=O) groups is 1. The molecular weight excluding hydrogens is 278 g/mol. The van der Waals surface area contributed by atoms with E-state index >= 15 is 0 Å². The van der Waals surface area contributed by atoms with Crippen molar-refractivity contribution >= 4 is 17.1 Å². The highest BCUT2D eigenvalue weighted by Gasteiger charge is 2.19. The summed E-state index contributed by atoms with van der Waals surface area (Å²) >= 11 is 1.38. The first-order valence-corrected chi connectivity index (χ1v) is 6.76. The minimum absolute atomic E-state index is 0.0630. The number of benzene rings is 1. The van der Waals surface area contributed by atoms with Crippen molar-refractivity contribution in [3.8, 4) is 27.8 Å². The van der Waals surface area contributed by atoms with Crippen molar-refractivity contribution in [3.63, 3.8) is 0 Å². The number of aromatic nitrogens is 1. The van der Waals surface area contributed by atoms with Crippen LogP contribution in [-0.2, 0) is 0 Å². The number of hydrogen-bond acceptors (Lipinski definition) is 6. The molecule has 0 atom stereocenters. The van der Waals surface area contributed by atoms with Crippen LogP contribution in [0, 0.1) is 0 Å². The van der Waals surface area contributed by atoms with Crippen LogP contribution in [0.4, 0.5) is 0 Å². The molecule has 0 bridgehead atoms. The molecule has 1 heterocycles. The Morgan fingerprint density at radius 2 is 1.80 bits per heavy atom. The van der Waals surface area contributed by atoms with Gasteiger partial charge in [0, 0.05) is 12.3 Å². The van der Waals surface area contributed by atoms with Gasteiger partial charge < -0.3 is 14.2 Å². The molecule has 0 aliphatic carbocycles. The average Bonchev–Trinajstić information content (AvgIpc) is 2.95. The molecular formula is C14H15NO4S. The number of ether oxygens (including phenoxy) is 3. The molecule has 0 fully saturated rings. The van der Waals surface area contributed by atoms with E-state index in [-0.39, 0.29) is 5.78 Å². The third kappa shape index (κ3) is 2.46. The van der Waals surface area contributed by atoms with Crippen LogP contribution < -0.4 is 14.2 Å². The van der Waals surface area contributed by atoms with Crippen molar-refractivity contribution in [1.29, 1.82) is 0 Å². The average molecular weight is 293 g/mol. The van der Waals surface area contributed by atoms with Crippen LogP contribution in [-0.4, -0.2) is 32.1 Å². The van der Waals surface area contributed by atoms with Gasteiger partial charge in [0.15, 0.2) is 17.3 Å². The van der Waals surface area contributed by atoms with Crippen LogP contribution in [0.3, 0.4) is 0 Å². The van der Waals surface area contributed by atoms with E-state index in [1.165, 1.54) is 18.3 Å². The van der Waals surface area contributed by atoms with Crippen LogP contribution >= 0.6 is 11.3 Å². The SMILES string of the molecule is COc1ccc(-c2nc(C(C)=O)cs2)c(OC)c1OC. The minimum Gasteiger partial charge on any atom is -0.493 e. The van der Waals surface area contributed by atoms with Gasteiger partial charge in [-0.25, -0.2) is 4.98 Å².